The lowest BCUT2D eigenvalue weighted by Gasteiger charge is -2.58. The van der Waals surface area contributed by atoms with Crippen LogP contribution in [0, 0.1) is 52.3 Å². The van der Waals surface area contributed by atoms with Gasteiger partial charge in [-0.2, -0.15) is 0 Å². The second-order valence-electron chi connectivity index (χ2n) is 13.7. The summed E-state index contributed by atoms with van der Waals surface area (Å²) in [6, 6.07) is 0. The van der Waals surface area contributed by atoms with Gasteiger partial charge in [0.25, 0.3) is 0 Å². The zero-order valence-corrected chi connectivity index (χ0v) is 22.8. The van der Waals surface area contributed by atoms with Gasteiger partial charge in [-0.3, -0.25) is 4.79 Å². The predicted molar refractivity (Wildman–Crippen MR) is 138 cm³/mol. The average molecular weight is 457 g/mol. The molecule has 0 bridgehead atoms. The van der Waals surface area contributed by atoms with Crippen molar-refractivity contribution in [3.8, 4) is 0 Å². The van der Waals surface area contributed by atoms with Crippen LogP contribution in [0.5, 0.6) is 0 Å². The Morgan fingerprint density at radius 2 is 1.76 bits per heavy atom. The first-order valence-corrected chi connectivity index (χ1v) is 14.5. The van der Waals surface area contributed by atoms with E-state index in [1.54, 1.807) is 5.57 Å². The van der Waals surface area contributed by atoms with Crippen LogP contribution < -0.4 is 0 Å². The molecule has 2 heteroatoms. The molecule has 33 heavy (non-hydrogen) atoms. The zero-order valence-electron chi connectivity index (χ0n) is 22.8. The fourth-order valence-electron chi connectivity index (χ4n) is 9.05. The molecular weight excluding hydrogens is 404 g/mol. The maximum Gasteiger partial charge on any atom is 0.308 e. The van der Waals surface area contributed by atoms with Gasteiger partial charge in [-0.05, 0) is 91.3 Å². The summed E-state index contributed by atoms with van der Waals surface area (Å²) in [4.78, 5) is 12.2. The van der Waals surface area contributed by atoms with Gasteiger partial charge in [0.1, 0.15) is 6.10 Å². The van der Waals surface area contributed by atoms with Gasteiger partial charge in [-0.1, -0.05) is 79.4 Å². The minimum atomic E-state index is -0.0258. The van der Waals surface area contributed by atoms with Crippen LogP contribution in [0.2, 0.25) is 0 Å². The Morgan fingerprint density at radius 1 is 1.00 bits per heavy atom. The van der Waals surface area contributed by atoms with Crippen molar-refractivity contribution in [2.45, 2.75) is 125 Å². The summed E-state index contributed by atoms with van der Waals surface area (Å²) in [5.74, 6) is 5.24. The van der Waals surface area contributed by atoms with Crippen molar-refractivity contribution >= 4 is 5.97 Å². The first-order chi connectivity index (χ1) is 15.6. The lowest BCUT2D eigenvalue weighted by molar-refractivity contribution is -0.155. The average Bonchev–Trinajstić information content (AvgIpc) is 3.11. The quantitative estimate of drug-likeness (QED) is 0.283. The van der Waals surface area contributed by atoms with E-state index in [2.05, 4.69) is 40.7 Å². The van der Waals surface area contributed by atoms with E-state index in [4.69, 9.17) is 4.74 Å². The van der Waals surface area contributed by atoms with E-state index in [-0.39, 0.29) is 18.0 Å². The van der Waals surface area contributed by atoms with Crippen molar-refractivity contribution in [3.05, 3.63) is 11.6 Å². The number of hydrogen-bond acceptors (Lipinski definition) is 2. The second kappa shape index (κ2) is 9.69. The summed E-state index contributed by atoms with van der Waals surface area (Å²) in [5, 5.41) is 0. The third kappa shape index (κ3) is 4.71. The van der Waals surface area contributed by atoms with Crippen molar-refractivity contribution in [3.63, 3.8) is 0 Å². The topological polar surface area (TPSA) is 26.3 Å². The molecule has 0 aromatic heterocycles. The molecule has 0 spiro atoms. The first-order valence-electron chi connectivity index (χ1n) is 14.5. The van der Waals surface area contributed by atoms with Gasteiger partial charge in [0.15, 0.2) is 0 Å². The highest BCUT2D eigenvalue weighted by Crippen LogP contribution is 2.67. The van der Waals surface area contributed by atoms with Crippen LogP contribution in [0.3, 0.4) is 0 Å². The highest BCUT2D eigenvalue weighted by molar-refractivity contribution is 5.71. The molecule has 3 saturated carbocycles. The van der Waals surface area contributed by atoms with Crippen LogP contribution in [0.4, 0.5) is 0 Å². The van der Waals surface area contributed by atoms with Gasteiger partial charge in [-0.25, -0.2) is 0 Å². The number of esters is 1. The number of carbonyl (C=O) groups is 1. The molecule has 1 unspecified atom stereocenters. The molecule has 4 rings (SSSR count). The van der Waals surface area contributed by atoms with Crippen molar-refractivity contribution in [2.75, 3.05) is 0 Å². The van der Waals surface area contributed by atoms with Gasteiger partial charge in [-0.15, -0.1) is 0 Å². The second-order valence-corrected chi connectivity index (χ2v) is 13.7. The van der Waals surface area contributed by atoms with E-state index in [9.17, 15) is 4.79 Å². The highest BCUT2D eigenvalue weighted by Gasteiger charge is 2.59. The minimum absolute atomic E-state index is 0.0224. The number of ether oxygens (including phenoxy) is 1. The molecule has 0 aromatic carbocycles. The van der Waals surface area contributed by atoms with Gasteiger partial charge in [0.2, 0.25) is 0 Å². The Labute approximate surface area is 204 Å². The lowest BCUT2D eigenvalue weighted by atomic mass is 9.47. The van der Waals surface area contributed by atoms with Crippen LogP contribution in [-0.2, 0) is 9.53 Å². The van der Waals surface area contributed by atoms with E-state index >= 15 is 0 Å². The van der Waals surface area contributed by atoms with Gasteiger partial charge < -0.3 is 4.74 Å². The van der Waals surface area contributed by atoms with Crippen LogP contribution in [0.25, 0.3) is 0 Å². The molecule has 4 aliphatic carbocycles. The molecule has 0 aromatic rings. The standard InChI is InChI=1S/C31H52O2/c1-20(2)9-8-10-22(5)26-13-14-27-25-12-11-23-19-24(33-29(32)21(3)4)15-17-30(23,6)28(25)16-18-31(26,27)7/h11,20-22,24-28H,8-10,12-19H2,1-7H3/t22?,24-,25-,26+,27-,28-,30-,31+/m0/s1. The van der Waals surface area contributed by atoms with Gasteiger partial charge in [0, 0.05) is 6.42 Å². The Morgan fingerprint density at radius 3 is 2.45 bits per heavy atom. The van der Waals surface area contributed by atoms with Gasteiger partial charge in [0.05, 0.1) is 5.92 Å². The van der Waals surface area contributed by atoms with E-state index in [1.165, 1.54) is 57.8 Å². The Kier molecular flexibility index (Phi) is 7.43. The molecule has 0 amide bonds. The highest BCUT2D eigenvalue weighted by atomic mass is 16.5. The van der Waals surface area contributed by atoms with E-state index < -0.39 is 0 Å². The maximum absolute atomic E-state index is 12.2. The molecule has 4 aliphatic rings. The smallest absolute Gasteiger partial charge is 0.308 e. The molecule has 0 N–H and O–H groups in total. The van der Waals surface area contributed by atoms with E-state index in [1.807, 2.05) is 13.8 Å². The van der Waals surface area contributed by atoms with Crippen molar-refractivity contribution < 1.29 is 9.53 Å². The third-order valence-electron chi connectivity index (χ3n) is 11.0. The molecular formula is C31H52O2. The number of carbonyl (C=O) groups excluding carboxylic acids is 1. The van der Waals surface area contributed by atoms with Crippen LogP contribution >= 0.6 is 0 Å². The van der Waals surface area contributed by atoms with Crippen molar-refractivity contribution in [1.82, 2.24) is 0 Å². The van der Waals surface area contributed by atoms with Crippen LogP contribution in [0.15, 0.2) is 11.6 Å². The molecule has 8 atom stereocenters. The summed E-state index contributed by atoms with van der Waals surface area (Å²) >= 11 is 0. The third-order valence-corrected chi connectivity index (χ3v) is 11.0. The normalized spacial score (nSPS) is 41.2. The van der Waals surface area contributed by atoms with Crippen molar-refractivity contribution in [1.29, 1.82) is 0 Å². The van der Waals surface area contributed by atoms with E-state index in [0.717, 1.165) is 48.3 Å². The van der Waals surface area contributed by atoms with Crippen LogP contribution in [-0.4, -0.2) is 12.1 Å². The number of rotatable bonds is 7. The number of allylic oxidation sites excluding steroid dienone is 1. The fraction of sp³-hybridized carbons (Fsp3) is 0.903. The molecule has 2 nitrogen and oxygen atoms in total. The Hall–Kier alpha value is -0.790. The molecule has 3 fully saturated rings. The minimum Gasteiger partial charge on any atom is -0.462 e. The summed E-state index contributed by atoms with van der Waals surface area (Å²) < 4.78 is 5.88. The predicted octanol–water partition coefficient (Wildman–Crippen LogP) is 8.60. The summed E-state index contributed by atoms with van der Waals surface area (Å²) in [5.41, 5.74) is 2.52. The van der Waals surface area contributed by atoms with Crippen molar-refractivity contribution in [2.24, 2.45) is 52.3 Å². The molecule has 0 heterocycles. The Bertz CT molecular complexity index is 735. The van der Waals surface area contributed by atoms with E-state index in [0.29, 0.717) is 10.8 Å². The monoisotopic (exact) mass is 456 g/mol. The molecule has 0 saturated heterocycles. The molecule has 0 radical (unpaired) electrons. The number of hydrogen-bond donors (Lipinski definition) is 0. The largest absolute Gasteiger partial charge is 0.462 e. The zero-order chi connectivity index (χ0) is 24.0. The lowest BCUT2D eigenvalue weighted by Crippen LogP contribution is -2.51. The maximum atomic E-state index is 12.2. The van der Waals surface area contributed by atoms with Crippen LogP contribution in [0.1, 0.15) is 119 Å². The number of fused-ring (bicyclic) bond motifs is 5. The summed E-state index contributed by atoms with van der Waals surface area (Å²) in [6.45, 7) is 16.5. The summed E-state index contributed by atoms with van der Waals surface area (Å²) in [7, 11) is 0. The SMILES string of the molecule is CC(C)CCCC(C)[C@H]1CC[C@H]2[C@@H]3CC=C4C[C@@H](OC(=O)C(C)C)CC[C@]4(C)[C@H]3CC[C@]12C. The molecule has 188 valence electrons. The first kappa shape index (κ1) is 25.3. The Balaban J connectivity index is 1.45. The van der Waals surface area contributed by atoms with Gasteiger partial charge >= 0.3 is 5.97 Å². The summed E-state index contributed by atoms with van der Waals surface area (Å²) in [6.07, 6.45) is 17.2. The fourth-order valence-corrected chi connectivity index (χ4v) is 9.05. The molecule has 0 aliphatic heterocycles.